The van der Waals surface area contributed by atoms with Crippen LogP contribution in [0.5, 0.6) is 0 Å². The Labute approximate surface area is 135 Å². The van der Waals surface area contributed by atoms with E-state index < -0.39 is 0 Å². The van der Waals surface area contributed by atoms with Gasteiger partial charge in [0.15, 0.2) is 0 Å². The van der Waals surface area contributed by atoms with Crippen LogP contribution < -0.4 is 0 Å². The first-order valence-corrected chi connectivity index (χ1v) is 9.26. The highest BCUT2D eigenvalue weighted by atomic mass is 32.2. The van der Waals surface area contributed by atoms with Crippen molar-refractivity contribution in [3.8, 4) is 5.40 Å². The number of aromatic nitrogens is 1. The molecule has 0 radical (unpaired) electrons. The molecule has 0 aliphatic heterocycles. The fourth-order valence-electron chi connectivity index (χ4n) is 2.02. The number of pyridine rings is 1. The highest BCUT2D eigenvalue weighted by molar-refractivity contribution is 8.03. The summed E-state index contributed by atoms with van der Waals surface area (Å²) in [5.74, 6) is 1.02. The molecule has 0 aliphatic carbocycles. The molecule has 1 aromatic rings. The lowest BCUT2D eigenvalue weighted by atomic mass is 10.1. The average Bonchev–Trinajstić information content (AvgIpc) is 2.55. The quantitative estimate of drug-likeness (QED) is 0.360. The van der Waals surface area contributed by atoms with Crippen LogP contribution in [0.2, 0.25) is 0 Å². The van der Waals surface area contributed by atoms with Gasteiger partial charge in [-0.2, -0.15) is 5.26 Å². The molecule has 118 valence electrons. The number of hydrogen-bond donors (Lipinski definition) is 0. The fourth-order valence-corrected chi connectivity index (χ4v) is 2.46. The van der Waals surface area contributed by atoms with Crippen molar-refractivity contribution in [3.05, 3.63) is 30.6 Å². The molecule has 0 aromatic carbocycles. The maximum atomic E-state index is 8.32. The van der Waals surface area contributed by atoms with E-state index >= 15 is 0 Å². The van der Waals surface area contributed by atoms with Crippen molar-refractivity contribution in [2.24, 2.45) is 0 Å². The lowest BCUT2D eigenvalue weighted by Crippen LogP contribution is -1.82. The van der Waals surface area contributed by atoms with Crippen LogP contribution in [-0.4, -0.2) is 10.7 Å². The summed E-state index contributed by atoms with van der Waals surface area (Å²) in [6, 6.07) is 5.72. The lowest BCUT2D eigenvalue weighted by Gasteiger charge is -2.01. The first kappa shape index (κ1) is 20.0. The average molecular weight is 307 g/mol. The second-order valence-corrected chi connectivity index (χ2v) is 6.03. The molecule has 0 fully saturated rings. The first-order valence-electron chi connectivity index (χ1n) is 8.27. The monoisotopic (exact) mass is 306 g/mol. The van der Waals surface area contributed by atoms with Gasteiger partial charge in [0, 0.05) is 18.1 Å². The van der Waals surface area contributed by atoms with Crippen LogP contribution in [0.15, 0.2) is 30.6 Å². The minimum atomic E-state index is 1.02. The Morgan fingerprint density at radius 2 is 1.33 bits per heavy atom. The molecule has 1 aromatic heterocycles. The zero-order valence-electron chi connectivity index (χ0n) is 13.5. The van der Waals surface area contributed by atoms with E-state index in [9.17, 15) is 0 Å². The molecule has 3 heteroatoms. The Hall–Kier alpha value is -1.01. The topological polar surface area (TPSA) is 36.7 Å². The third-order valence-electron chi connectivity index (χ3n) is 3.23. The van der Waals surface area contributed by atoms with Crippen LogP contribution in [0, 0.1) is 10.7 Å². The fraction of sp³-hybridized carbons (Fsp3) is 0.667. The number of rotatable bonds is 11. The SMILES string of the molecule is CCCCCCCCCCCCSC#N.c1ccncc1. The Morgan fingerprint density at radius 3 is 1.71 bits per heavy atom. The molecule has 0 bridgehead atoms. The molecule has 1 rings (SSSR count). The normalized spacial score (nSPS) is 9.52. The first-order chi connectivity index (χ1) is 10.4. The van der Waals surface area contributed by atoms with Gasteiger partial charge in [0.05, 0.1) is 0 Å². The molecule has 0 saturated carbocycles. The summed E-state index contributed by atoms with van der Waals surface area (Å²) >= 11 is 1.39. The van der Waals surface area contributed by atoms with Gasteiger partial charge in [-0.1, -0.05) is 70.8 Å². The zero-order chi connectivity index (χ0) is 15.4. The van der Waals surface area contributed by atoms with Crippen molar-refractivity contribution in [1.29, 1.82) is 5.26 Å². The number of thiocyanates is 1. The summed E-state index contributed by atoms with van der Waals surface area (Å²) in [6.07, 6.45) is 17.2. The van der Waals surface area contributed by atoms with Gasteiger partial charge >= 0.3 is 0 Å². The van der Waals surface area contributed by atoms with Crippen molar-refractivity contribution in [2.75, 3.05) is 5.75 Å². The summed E-state index contributed by atoms with van der Waals surface area (Å²) < 4.78 is 0. The van der Waals surface area contributed by atoms with E-state index in [1.165, 1.54) is 76.0 Å². The second-order valence-electron chi connectivity index (χ2n) is 5.15. The maximum absolute atomic E-state index is 8.32. The van der Waals surface area contributed by atoms with Crippen LogP contribution in [0.4, 0.5) is 0 Å². The molecule has 21 heavy (non-hydrogen) atoms. The van der Waals surface area contributed by atoms with E-state index in [0.717, 1.165) is 5.75 Å². The van der Waals surface area contributed by atoms with Gasteiger partial charge in [0.1, 0.15) is 5.40 Å². The van der Waals surface area contributed by atoms with Gasteiger partial charge in [0.2, 0.25) is 0 Å². The van der Waals surface area contributed by atoms with E-state index in [4.69, 9.17) is 5.26 Å². The number of unbranched alkanes of at least 4 members (excludes halogenated alkanes) is 9. The van der Waals surface area contributed by atoms with Gasteiger partial charge in [0.25, 0.3) is 0 Å². The van der Waals surface area contributed by atoms with E-state index in [1.807, 2.05) is 18.2 Å². The van der Waals surface area contributed by atoms with Crippen LogP contribution in [-0.2, 0) is 0 Å². The molecular weight excluding hydrogens is 276 g/mol. The predicted octanol–water partition coefficient (Wildman–Crippen LogP) is 6.20. The van der Waals surface area contributed by atoms with Crippen molar-refractivity contribution >= 4 is 11.8 Å². The molecule has 0 unspecified atom stereocenters. The Bertz CT molecular complexity index is 295. The van der Waals surface area contributed by atoms with Gasteiger partial charge in [-0.05, 0) is 30.3 Å². The Balaban J connectivity index is 0.000000547. The van der Waals surface area contributed by atoms with Crippen molar-refractivity contribution in [2.45, 2.75) is 71.1 Å². The van der Waals surface area contributed by atoms with Gasteiger partial charge < -0.3 is 0 Å². The van der Waals surface area contributed by atoms with Crippen molar-refractivity contribution in [1.82, 2.24) is 4.98 Å². The van der Waals surface area contributed by atoms with E-state index in [-0.39, 0.29) is 0 Å². The zero-order valence-corrected chi connectivity index (χ0v) is 14.3. The maximum Gasteiger partial charge on any atom is 0.133 e. The standard InChI is InChI=1S/C13H25NS.C5H5N/c1-2-3-4-5-6-7-8-9-10-11-12-15-13-14;1-2-4-6-5-3-1/h2-12H2,1H3;1-5H. The molecule has 2 nitrogen and oxygen atoms in total. The van der Waals surface area contributed by atoms with E-state index in [0.29, 0.717) is 0 Å². The highest BCUT2D eigenvalue weighted by Crippen LogP contribution is 2.11. The van der Waals surface area contributed by atoms with E-state index in [1.54, 1.807) is 12.4 Å². The molecule has 0 amide bonds. The van der Waals surface area contributed by atoms with Crippen molar-refractivity contribution in [3.63, 3.8) is 0 Å². The van der Waals surface area contributed by atoms with Gasteiger partial charge in [-0.25, -0.2) is 0 Å². The number of nitrogens with zero attached hydrogens (tertiary/aromatic N) is 2. The molecule has 0 spiro atoms. The number of hydrogen-bond acceptors (Lipinski definition) is 3. The summed E-state index contributed by atoms with van der Waals surface area (Å²) in [7, 11) is 0. The minimum Gasteiger partial charge on any atom is -0.265 e. The summed E-state index contributed by atoms with van der Waals surface area (Å²) in [6.45, 7) is 2.26. The molecular formula is C18H30N2S. The van der Waals surface area contributed by atoms with Crippen molar-refractivity contribution < 1.29 is 0 Å². The molecule has 0 saturated heterocycles. The van der Waals surface area contributed by atoms with Crippen LogP contribution in [0.25, 0.3) is 0 Å². The number of nitriles is 1. The molecule has 0 aliphatic rings. The van der Waals surface area contributed by atoms with Gasteiger partial charge in [-0.15, -0.1) is 0 Å². The Morgan fingerprint density at radius 1 is 0.810 bits per heavy atom. The third-order valence-corrected chi connectivity index (χ3v) is 3.85. The number of thioether (sulfide) groups is 1. The lowest BCUT2D eigenvalue weighted by molar-refractivity contribution is 0.563. The largest absolute Gasteiger partial charge is 0.265 e. The predicted molar refractivity (Wildman–Crippen MR) is 94.2 cm³/mol. The molecule has 1 heterocycles. The third kappa shape index (κ3) is 19.0. The van der Waals surface area contributed by atoms with Crippen LogP contribution in [0.1, 0.15) is 71.1 Å². The summed E-state index contributed by atoms with van der Waals surface area (Å²) in [5.41, 5.74) is 0. The van der Waals surface area contributed by atoms with Gasteiger partial charge in [-0.3, -0.25) is 4.98 Å². The summed E-state index contributed by atoms with van der Waals surface area (Å²) in [4.78, 5) is 3.78. The highest BCUT2D eigenvalue weighted by Gasteiger charge is 1.92. The van der Waals surface area contributed by atoms with Crippen LogP contribution in [0.3, 0.4) is 0 Å². The Kier molecular flexibility index (Phi) is 18.1. The smallest absolute Gasteiger partial charge is 0.133 e. The molecule has 0 N–H and O–H groups in total. The minimum absolute atomic E-state index is 1.02. The van der Waals surface area contributed by atoms with E-state index in [2.05, 4.69) is 17.3 Å². The molecule has 0 atom stereocenters. The second kappa shape index (κ2) is 19.0. The summed E-state index contributed by atoms with van der Waals surface area (Å²) in [5, 5.41) is 10.4. The van der Waals surface area contributed by atoms with Crippen LogP contribution >= 0.6 is 11.8 Å².